The van der Waals surface area contributed by atoms with Gasteiger partial charge in [0.15, 0.2) is 0 Å². The summed E-state index contributed by atoms with van der Waals surface area (Å²) in [6.45, 7) is 1.90. The molecule has 0 bridgehead atoms. The van der Waals surface area contributed by atoms with Crippen LogP contribution in [0.25, 0.3) is 0 Å². The summed E-state index contributed by atoms with van der Waals surface area (Å²) in [7, 11) is -4.00. The molecule has 1 aliphatic rings. The molecule has 0 spiro atoms. The van der Waals surface area contributed by atoms with Crippen molar-refractivity contribution in [3.8, 4) is 0 Å². The average Bonchev–Trinajstić information content (AvgIpc) is 2.46. The number of benzene rings is 1. The number of hydrogen-bond acceptors (Lipinski definition) is 5. The number of piperidine rings is 1. The summed E-state index contributed by atoms with van der Waals surface area (Å²) in [4.78, 5) is 9.17. The minimum Gasteiger partial charge on any atom is -0.317 e. The Morgan fingerprint density at radius 2 is 2.05 bits per heavy atom. The van der Waals surface area contributed by atoms with Gasteiger partial charge in [0.05, 0.1) is 11.0 Å². The first-order valence-electron chi connectivity index (χ1n) is 6.54. The van der Waals surface area contributed by atoms with Gasteiger partial charge in [0, 0.05) is 12.6 Å². The zero-order valence-corrected chi connectivity index (χ0v) is 12.0. The van der Waals surface area contributed by atoms with Crippen LogP contribution in [0.2, 0.25) is 0 Å². The summed E-state index contributed by atoms with van der Waals surface area (Å²) in [6, 6.07) is 2.50. The van der Waals surface area contributed by atoms with Crippen LogP contribution in [0.3, 0.4) is 0 Å². The molecule has 1 aromatic rings. The highest BCUT2D eigenvalue weighted by molar-refractivity contribution is 7.89. The molecule has 7 nitrogen and oxygen atoms in total. The topological polar surface area (TPSA) is 101 Å². The van der Waals surface area contributed by atoms with Crippen molar-refractivity contribution in [2.24, 2.45) is 5.92 Å². The zero-order chi connectivity index (χ0) is 15.5. The number of rotatable bonds is 5. The lowest BCUT2D eigenvalue weighted by Gasteiger charge is -2.22. The molecule has 9 heteroatoms. The van der Waals surface area contributed by atoms with Crippen molar-refractivity contribution in [2.45, 2.75) is 17.7 Å². The molecule has 0 unspecified atom stereocenters. The van der Waals surface area contributed by atoms with Crippen LogP contribution in [0.15, 0.2) is 23.1 Å². The van der Waals surface area contributed by atoms with Crippen molar-refractivity contribution >= 4 is 15.7 Å². The van der Waals surface area contributed by atoms with Crippen LogP contribution >= 0.6 is 0 Å². The van der Waals surface area contributed by atoms with Gasteiger partial charge in [0.2, 0.25) is 10.0 Å². The molecule has 21 heavy (non-hydrogen) atoms. The Bertz CT molecular complexity index is 629. The Morgan fingerprint density at radius 1 is 1.38 bits per heavy atom. The molecule has 0 aromatic heterocycles. The van der Waals surface area contributed by atoms with Gasteiger partial charge in [0.25, 0.3) is 5.69 Å². The summed E-state index contributed by atoms with van der Waals surface area (Å²) in [5.41, 5.74) is -0.482. The minimum atomic E-state index is -4.00. The lowest BCUT2D eigenvalue weighted by molar-refractivity contribution is -0.385. The largest absolute Gasteiger partial charge is 0.317 e. The number of halogens is 1. The molecular formula is C12H16FN3O4S. The van der Waals surface area contributed by atoms with Crippen molar-refractivity contribution in [2.75, 3.05) is 19.6 Å². The van der Waals surface area contributed by atoms with Gasteiger partial charge >= 0.3 is 0 Å². The van der Waals surface area contributed by atoms with E-state index >= 15 is 0 Å². The van der Waals surface area contributed by atoms with E-state index in [4.69, 9.17) is 0 Å². The van der Waals surface area contributed by atoms with Crippen molar-refractivity contribution in [3.05, 3.63) is 34.1 Å². The molecule has 2 rings (SSSR count). The van der Waals surface area contributed by atoms with Crippen molar-refractivity contribution < 1.29 is 17.7 Å². The fourth-order valence-electron chi connectivity index (χ4n) is 2.21. The maximum absolute atomic E-state index is 13.7. The van der Waals surface area contributed by atoms with E-state index in [1.807, 2.05) is 0 Å². The van der Waals surface area contributed by atoms with E-state index in [2.05, 4.69) is 10.0 Å². The van der Waals surface area contributed by atoms with Crippen molar-refractivity contribution in [1.82, 2.24) is 10.0 Å². The predicted molar refractivity (Wildman–Crippen MR) is 73.8 cm³/mol. The monoisotopic (exact) mass is 317 g/mol. The van der Waals surface area contributed by atoms with E-state index < -0.39 is 31.3 Å². The van der Waals surface area contributed by atoms with E-state index in [1.54, 1.807) is 0 Å². The second kappa shape index (κ2) is 6.46. The van der Waals surface area contributed by atoms with Gasteiger partial charge in [-0.05, 0) is 37.9 Å². The van der Waals surface area contributed by atoms with Gasteiger partial charge in [-0.2, -0.15) is 0 Å². The lowest BCUT2D eigenvalue weighted by atomic mass is 9.99. The minimum absolute atomic E-state index is 0.210. The Balaban J connectivity index is 2.10. The maximum atomic E-state index is 13.7. The lowest BCUT2D eigenvalue weighted by Crippen LogP contribution is -2.36. The third-order valence-electron chi connectivity index (χ3n) is 3.44. The number of nitro benzene ring substituents is 1. The third-order valence-corrected chi connectivity index (χ3v) is 4.89. The number of sulfonamides is 1. The fourth-order valence-corrected chi connectivity index (χ4v) is 3.39. The quantitative estimate of drug-likeness (QED) is 0.623. The zero-order valence-electron chi connectivity index (χ0n) is 11.2. The molecule has 1 heterocycles. The van der Waals surface area contributed by atoms with E-state index in [9.17, 15) is 22.9 Å². The second-order valence-corrected chi connectivity index (χ2v) is 6.65. The van der Waals surface area contributed by atoms with Crippen LogP contribution in [0, 0.1) is 21.8 Å². The van der Waals surface area contributed by atoms with Crippen LogP contribution in [0.5, 0.6) is 0 Å². The Hall–Kier alpha value is -1.58. The maximum Gasteiger partial charge on any atom is 0.272 e. The molecule has 0 aliphatic carbocycles. The highest BCUT2D eigenvalue weighted by Gasteiger charge is 2.23. The standard InChI is InChI=1S/C12H16FN3O4S/c13-11-7-10(16(17)18)1-2-12(11)21(19,20)15-8-9-3-5-14-6-4-9/h1-2,7,9,14-15H,3-6,8H2. The summed E-state index contributed by atoms with van der Waals surface area (Å²) in [5.74, 6) is -0.913. The third kappa shape index (κ3) is 3.96. The van der Waals surface area contributed by atoms with Gasteiger partial charge in [0.1, 0.15) is 10.7 Å². The second-order valence-electron chi connectivity index (χ2n) is 4.92. The van der Waals surface area contributed by atoms with E-state index in [1.165, 1.54) is 0 Å². The highest BCUT2D eigenvalue weighted by Crippen LogP contribution is 2.21. The number of hydrogen-bond donors (Lipinski definition) is 2. The Kier molecular flexibility index (Phi) is 4.86. The van der Waals surface area contributed by atoms with Gasteiger partial charge in [-0.1, -0.05) is 0 Å². The van der Waals surface area contributed by atoms with Gasteiger partial charge < -0.3 is 5.32 Å². The Labute approximate surface area is 121 Å². The molecule has 0 saturated carbocycles. The summed E-state index contributed by atoms with van der Waals surface area (Å²) in [5, 5.41) is 13.7. The van der Waals surface area contributed by atoms with Crippen LogP contribution in [0.4, 0.5) is 10.1 Å². The van der Waals surface area contributed by atoms with Crippen LogP contribution in [-0.2, 0) is 10.0 Å². The Morgan fingerprint density at radius 3 is 2.62 bits per heavy atom. The predicted octanol–water partition coefficient (Wildman–Crippen LogP) is 1.01. The van der Waals surface area contributed by atoms with Crippen molar-refractivity contribution in [3.63, 3.8) is 0 Å². The molecule has 1 saturated heterocycles. The number of nitro groups is 1. The number of nitrogens with one attached hydrogen (secondary N) is 2. The van der Waals surface area contributed by atoms with E-state index in [-0.39, 0.29) is 12.5 Å². The molecule has 0 atom stereocenters. The first kappa shape index (κ1) is 15.8. The van der Waals surface area contributed by atoms with Crippen LogP contribution < -0.4 is 10.0 Å². The smallest absolute Gasteiger partial charge is 0.272 e. The number of non-ortho nitro benzene ring substituents is 1. The summed E-state index contributed by atoms with van der Waals surface area (Å²) >= 11 is 0. The molecule has 1 aromatic carbocycles. The molecule has 1 aliphatic heterocycles. The van der Waals surface area contributed by atoms with Gasteiger partial charge in [-0.25, -0.2) is 17.5 Å². The van der Waals surface area contributed by atoms with Crippen LogP contribution in [0.1, 0.15) is 12.8 Å². The number of nitrogens with zero attached hydrogens (tertiary/aromatic N) is 1. The molecular weight excluding hydrogens is 301 g/mol. The average molecular weight is 317 g/mol. The van der Waals surface area contributed by atoms with Crippen molar-refractivity contribution in [1.29, 1.82) is 0 Å². The first-order valence-corrected chi connectivity index (χ1v) is 8.03. The molecule has 1 fully saturated rings. The molecule has 2 N–H and O–H groups in total. The summed E-state index contributed by atoms with van der Waals surface area (Å²) < 4.78 is 40.2. The van der Waals surface area contributed by atoms with Gasteiger partial charge in [-0.15, -0.1) is 0 Å². The van der Waals surface area contributed by atoms with Gasteiger partial charge in [-0.3, -0.25) is 10.1 Å². The van der Waals surface area contributed by atoms with E-state index in [0.29, 0.717) is 6.07 Å². The summed E-state index contributed by atoms with van der Waals surface area (Å²) in [6.07, 6.45) is 1.70. The SMILES string of the molecule is O=[N+]([O-])c1ccc(S(=O)(=O)NCC2CCNCC2)c(F)c1. The fraction of sp³-hybridized carbons (Fsp3) is 0.500. The normalized spacial score (nSPS) is 16.8. The first-order chi connectivity index (χ1) is 9.90. The van der Waals surface area contributed by atoms with Crippen LogP contribution in [-0.4, -0.2) is 33.0 Å². The molecule has 116 valence electrons. The molecule has 0 amide bonds. The van der Waals surface area contributed by atoms with E-state index in [0.717, 1.165) is 38.1 Å². The highest BCUT2D eigenvalue weighted by atomic mass is 32.2. The molecule has 0 radical (unpaired) electrons.